The van der Waals surface area contributed by atoms with Gasteiger partial charge in [-0.05, 0) is 24.5 Å². The minimum Gasteiger partial charge on any atom is -0.344 e. The molecule has 1 amide bonds. The number of carbonyl (C=O) groups excluding carboxylic acids is 1. The summed E-state index contributed by atoms with van der Waals surface area (Å²) in [4.78, 5) is 20.2. The lowest BCUT2D eigenvalue weighted by Crippen LogP contribution is -2.45. The molecule has 0 spiro atoms. The Bertz CT molecular complexity index is 921. The van der Waals surface area contributed by atoms with Gasteiger partial charge in [0, 0.05) is 58.8 Å². The van der Waals surface area contributed by atoms with Crippen molar-refractivity contribution in [1.29, 1.82) is 0 Å². The van der Waals surface area contributed by atoms with Crippen LogP contribution in [0.15, 0.2) is 18.3 Å². The van der Waals surface area contributed by atoms with E-state index in [2.05, 4.69) is 4.98 Å². The third-order valence-electron chi connectivity index (χ3n) is 4.69. The summed E-state index contributed by atoms with van der Waals surface area (Å²) in [5.41, 5.74) is 0.940. The third-order valence-corrected chi connectivity index (χ3v) is 7.71. The molecule has 26 heavy (non-hydrogen) atoms. The van der Waals surface area contributed by atoms with Crippen molar-refractivity contribution in [2.45, 2.75) is 18.8 Å². The number of rotatable bonds is 4. The van der Waals surface area contributed by atoms with Crippen molar-refractivity contribution < 1.29 is 13.2 Å². The summed E-state index contributed by atoms with van der Waals surface area (Å²) < 4.78 is 27.9. The van der Waals surface area contributed by atoms with Gasteiger partial charge < -0.3 is 4.90 Å². The number of amides is 1. The minimum atomic E-state index is -3.47. The molecule has 0 aliphatic carbocycles. The molecule has 0 N–H and O–H groups in total. The van der Waals surface area contributed by atoms with Crippen molar-refractivity contribution in [3.05, 3.63) is 28.8 Å². The van der Waals surface area contributed by atoms with E-state index >= 15 is 0 Å². The molecule has 0 radical (unpaired) electrons. The van der Waals surface area contributed by atoms with Gasteiger partial charge in [-0.1, -0.05) is 6.07 Å². The maximum atomic E-state index is 12.7. The lowest BCUT2D eigenvalue weighted by molar-refractivity contribution is 0.0830. The topological polar surface area (TPSA) is 73.8 Å². The number of fused-ring (bicyclic) bond motifs is 1. The molecule has 7 nitrogen and oxygen atoms in total. The second-order valence-corrected chi connectivity index (χ2v) is 10.0. The molecule has 2 aromatic heterocycles. The number of thiophene rings is 1. The van der Waals surface area contributed by atoms with Gasteiger partial charge in [-0.25, -0.2) is 4.98 Å². The van der Waals surface area contributed by atoms with E-state index in [4.69, 9.17) is 0 Å². The smallest absolute Gasteiger partial charge is 0.281 e. The Hall–Kier alpha value is -1.55. The largest absolute Gasteiger partial charge is 0.344 e. The first-order chi connectivity index (χ1) is 12.2. The molecule has 3 rings (SSSR count). The van der Waals surface area contributed by atoms with Gasteiger partial charge in [0.05, 0.1) is 4.88 Å². The molecule has 1 aliphatic rings. The first-order valence-corrected chi connectivity index (χ1v) is 10.7. The summed E-state index contributed by atoms with van der Waals surface area (Å²) in [5, 5.41) is 0.955. The molecular weight excluding hydrogens is 372 g/mol. The zero-order valence-corrected chi connectivity index (χ0v) is 17.1. The minimum absolute atomic E-state index is 0.0182. The normalized spacial score (nSPS) is 19.2. The van der Waals surface area contributed by atoms with E-state index in [1.807, 2.05) is 12.1 Å². The summed E-state index contributed by atoms with van der Waals surface area (Å²) in [6.45, 7) is 0.892. The number of piperidine rings is 1. The Balaban J connectivity index is 2.06. The van der Waals surface area contributed by atoms with Gasteiger partial charge in [-0.15, -0.1) is 11.3 Å². The van der Waals surface area contributed by atoms with Crippen molar-refractivity contribution >= 4 is 37.7 Å². The molecule has 1 fully saturated rings. The fourth-order valence-electron chi connectivity index (χ4n) is 3.34. The first-order valence-electron chi connectivity index (χ1n) is 8.50. The SMILES string of the molecule is CN(C)C(=O)c1sc2ncccc2c1[C@@H]1CCCN(S(=O)(=O)N(C)C)C1. The number of nitrogens with zero attached hydrogens (tertiary/aromatic N) is 4. The van der Waals surface area contributed by atoms with Gasteiger partial charge in [0.1, 0.15) is 4.83 Å². The van der Waals surface area contributed by atoms with Crippen molar-refractivity contribution in [3.8, 4) is 0 Å². The van der Waals surface area contributed by atoms with Gasteiger partial charge in [0.2, 0.25) is 0 Å². The van der Waals surface area contributed by atoms with Crippen LogP contribution in [0, 0.1) is 0 Å². The Kier molecular flexibility index (Phi) is 5.34. The highest BCUT2D eigenvalue weighted by Crippen LogP contribution is 2.40. The van der Waals surface area contributed by atoms with Crippen LogP contribution in [0.4, 0.5) is 0 Å². The van der Waals surface area contributed by atoms with Crippen LogP contribution in [-0.4, -0.2) is 74.1 Å². The van der Waals surface area contributed by atoms with Crippen LogP contribution in [0.5, 0.6) is 0 Å². The van der Waals surface area contributed by atoms with Crippen molar-refractivity contribution in [2.75, 3.05) is 41.3 Å². The molecule has 3 heterocycles. The van der Waals surface area contributed by atoms with Crippen LogP contribution in [0.1, 0.15) is 34.0 Å². The number of hydrogen-bond acceptors (Lipinski definition) is 5. The summed E-state index contributed by atoms with van der Waals surface area (Å²) in [5.74, 6) is -0.0779. The lowest BCUT2D eigenvalue weighted by atomic mass is 9.89. The molecule has 142 valence electrons. The van der Waals surface area contributed by atoms with Crippen LogP contribution < -0.4 is 0 Å². The summed E-state index contributed by atoms with van der Waals surface area (Å²) in [6, 6.07) is 3.83. The van der Waals surface area contributed by atoms with Gasteiger partial charge in [-0.3, -0.25) is 4.79 Å². The molecule has 0 aromatic carbocycles. The molecule has 0 saturated carbocycles. The number of pyridine rings is 1. The van der Waals surface area contributed by atoms with Crippen molar-refractivity contribution in [2.24, 2.45) is 0 Å². The maximum Gasteiger partial charge on any atom is 0.281 e. The van der Waals surface area contributed by atoms with Gasteiger partial charge in [-0.2, -0.15) is 17.0 Å². The Labute approximate surface area is 158 Å². The van der Waals surface area contributed by atoms with E-state index < -0.39 is 10.2 Å². The number of aromatic nitrogens is 1. The summed E-state index contributed by atoms with van der Waals surface area (Å²) in [6.07, 6.45) is 3.34. The summed E-state index contributed by atoms with van der Waals surface area (Å²) >= 11 is 1.39. The molecule has 1 saturated heterocycles. The second-order valence-electron chi connectivity index (χ2n) is 6.89. The lowest BCUT2D eigenvalue weighted by Gasteiger charge is -2.34. The number of hydrogen-bond donors (Lipinski definition) is 0. The van der Waals surface area contributed by atoms with E-state index in [1.165, 1.54) is 19.9 Å². The van der Waals surface area contributed by atoms with Gasteiger partial charge in [0.25, 0.3) is 16.1 Å². The Morgan fingerprint density at radius 2 is 2.04 bits per heavy atom. The second kappa shape index (κ2) is 7.22. The summed E-state index contributed by atoms with van der Waals surface area (Å²) in [7, 11) is 3.08. The van der Waals surface area contributed by atoms with Crippen LogP contribution in [-0.2, 0) is 10.2 Å². The van der Waals surface area contributed by atoms with Crippen LogP contribution in [0.2, 0.25) is 0 Å². The van der Waals surface area contributed by atoms with Crippen molar-refractivity contribution in [1.82, 2.24) is 18.5 Å². The van der Waals surface area contributed by atoms with E-state index in [1.54, 1.807) is 39.3 Å². The predicted molar refractivity (Wildman–Crippen MR) is 104 cm³/mol. The quantitative estimate of drug-likeness (QED) is 0.792. The molecule has 2 aromatic rings. The Morgan fingerprint density at radius 3 is 2.69 bits per heavy atom. The highest BCUT2D eigenvalue weighted by Gasteiger charge is 2.34. The molecule has 0 unspecified atom stereocenters. The predicted octanol–water partition coefficient (Wildman–Crippen LogP) is 1.98. The van der Waals surface area contributed by atoms with Gasteiger partial charge >= 0.3 is 0 Å². The standard InChI is InChI=1S/C17H24N4O3S2/c1-19(2)17(22)15-14(13-8-5-9-18-16(13)25-15)12-7-6-10-21(11-12)26(23,24)20(3)4/h5,8-9,12H,6-7,10-11H2,1-4H3/t12-/m1/s1. The maximum absolute atomic E-state index is 12.7. The molecule has 1 aliphatic heterocycles. The fourth-order valence-corrected chi connectivity index (χ4v) is 5.78. The third kappa shape index (κ3) is 3.36. The highest BCUT2D eigenvalue weighted by atomic mass is 32.2. The monoisotopic (exact) mass is 396 g/mol. The van der Waals surface area contributed by atoms with Gasteiger partial charge in [0.15, 0.2) is 0 Å². The van der Waals surface area contributed by atoms with Crippen LogP contribution >= 0.6 is 11.3 Å². The molecule has 9 heteroatoms. The first kappa shape index (κ1) is 19.2. The van der Waals surface area contributed by atoms with E-state index in [9.17, 15) is 13.2 Å². The van der Waals surface area contributed by atoms with E-state index in [-0.39, 0.29) is 11.8 Å². The Morgan fingerprint density at radius 1 is 1.31 bits per heavy atom. The zero-order valence-electron chi connectivity index (χ0n) is 15.5. The van der Waals surface area contributed by atoms with Crippen molar-refractivity contribution in [3.63, 3.8) is 0 Å². The number of carbonyl (C=O) groups is 1. The average molecular weight is 397 g/mol. The molecule has 1 atom stereocenters. The zero-order chi connectivity index (χ0) is 19.1. The van der Waals surface area contributed by atoms with E-state index in [0.717, 1.165) is 28.6 Å². The molecular formula is C17H24N4O3S2. The van der Waals surface area contributed by atoms with Crippen LogP contribution in [0.3, 0.4) is 0 Å². The molecule has 0 bridgehead atoms. The van der Waals surface area contributed by atoms with E-state index in [0.29, 0.717) is 18.0 Å². The van der Waals surface area contributed by atoms with Crippen LogP contribution in [0.25, 0.3) is 10.2 Å². The highest BCUT2D eigenvalue weighted by molar-refractivity contribution is 7.86. The average Bonchev–Trinajstić information content (AvgIpc) is 3.00. The fraction of sp³-hybridized carbons (Fsp3) is 0.529.